The maximum Gasteiger partial charge on any atom is 0.274 e. The highest BCUT2D eigenvalue weighted by atomic mass is 19.1. The summed E-state index contributed by atoms with van der Waals surface area (Å²) in [6, 6.07) is 15.0. The van der Waals surface area contributed by atoms with Crippen LogP contribution in [-0.4, -0.2) is 15.9 Å². The molecule has 1 amide bonds. The quantitative estimate of drug-likeness (QED) is 0.698. The molecule has 0 radical (unpaired) electrons. The molecular weight excluding hydrogens is 331 g/mol. The number of anilines is 3. The molecule has 0 saturated heterocycles. The first-order valence-electron chi connectivity index (χ1n) is 8.28. The zero-order chi connectivity index (χ0) is 18.5. The van der Waals surface area contributed by atoms with E-state index >= 15 is 0 Å². The standard InChI is InChI=1S/C20H19FN4O/c1-13(2)14-3-7-17(8-4-14)24-20-22-12-11-18(25-20)19(26)23-16-9-5-15(21)6-10-16/h3-13H,1-2H3,(H,23,26)(H,22,24,25). The highest BCUT2D eigenvalue weighted by Crippen LogP contribution is 2.19. The van der Waals surface area contributed by atoms with Gasteiger partial charge < -0.3 is 10.6 Å². The summed E-state index contributed by atoms with van der Waals surface area (Å²) >= 11 is 0. The molecule has 0 saturated carbocycles. The third kappa shape index (κ3) is 4.42. The lowest BCUT2D eigenvalue weighted by molar-refractivity contribution is 0.102. The van der Waals surface area contributed by atoms with Crippen molar-refractivity contribution in [2.24, 2.45) is 0 Å². The van der Waals surface area contributed by atoms with Crippen molar-refractivity contribution in [3.63, 3.8) is 0 Å². The van der Waals surface area contributed by atoms with Crippen LogP contribution in [0.4, 0.5) is 21.7 Å². The summed E-state index contributed by atoms with van der Waals surface area (Å²) in [7, 11) is 0. The summed E-state index contributed by atoms with van der Waals surface area (Å²) in [6.45, 7) is 4.27. The molecule has 5 nitrogen and oxygen atoms in total. The molecule has 0 atom stereocenters. The lowest BCUT2D eigenvalue weighted by atomic mass is 10.0. The van der Waals surface area contributed by atoms with Crippen molar-refractivity contribution < 1.29 is 9.18 Å². The topological polar surface area (TPSA) is 66.9 Å². The van der Waals surface area contributed by atoms with Crippen LogP contribution in [0.3, 0.4) is 0 Å². The second-order valence-electron chi connectivity index (χ2n) is 6.13. The van der Waals surface area contributed by atoms with Crippen LogP contribution in [0, 0.1) is 5.82 Å². The van der Waals surface area contributed by atoms with Gasteiger partial charge in [-0.05, 0) is 53.9 Å². The fourth-order valence-electron chi connectivity index (χ4n) is 2.35. The summed E-state index contributed by atoms with van der Waals surface area (Å²) in [6.07, 6.45) is 1.51. The average Bonchev–Trinajstić information content (AvgIpc) is 2.64. The number of hydrogen-bond acceptors (Lipinski definition) is 4. The second kappa shape index (κ2) is 7.74. The highest BCUT2D eigenvalue weighted by Gasteiger charge is 2.10. The Morgan fingerprint density at radius 2 is 1.62 bits per heavy atom. The molecular formula is C20H19FN4O. The zero-order valence-corrected chi connectivity index (χ0v) is 14.5. The van der Waals surface area contributed by atoms with Gasteiger partial charge in [0.2, 0.25) is 5.95 Å². The van der Waals surface area contributed by atoms with E-state index in [0.717, 1.165) is 5.69 Å². The molecule has 0 unspecified atom stereocenters. The number of halogens is 1. The number of rotatable bonds is 5. The third-order valence-electron chi connectivity index (χ3n) is 3.82. The molecule has 3 rings (SSSR count). The first-order valence-corrected chi connectivity index (χ1v) is 8.28. The predicted molar refractivity (Wildman–Crippen MR) is 100 cm³/mol. The van der Waals surface area contributed by atoms with Crippen molar-refractivity contribution in [3.05, 3.63) is 77.9 Å². The minimum absolute atomic E-state index is 0.214. The van der Waals surface area contributed by atoms with E-state index in [2.05, 4.69) is 34.4 Å². The molecule has 3 aromatic rings. The van der Waals surface area contributed by atoms with Crippen molar-refractivity contribution in [2.45, 2.75) is 19.8 Å². The molecule has 6 heteroatoms. The number of benzene rings is 2. The Balaban J connectivity index is 1.71. The van der Waals surface area contributed by atoms with Crippen molar-refractivity contribution in [3.8, 4) is 0 Å². The SMILES string of the molecule is CC(C)c1ccc(Nc2nccc(C(=O)Nc3ccc(F)cc3)n2)cc1. The molecule has 0 bridgehead atoms. The van der Waals surface area contributed by atoms with E-state index in [1.807, 2.05) is 24.3 Å². The Hall–Kier alpha value is -3.28. The van der Waals surface area contributed by atoms with E-state index in [9.17, 15) is 9.18 Å². The van der Waals surface area contributed by atoms with Gasteiger partial charge >= 0.3 is 0 Å². The number of nitrogens with one attached hydrogen (secondary N) is 2. The van der Waals surface area contributed by atoms with Crippen molar-refractivity contribution >= 4 is 23.2 Å². The van der Waals surface area contributed by atoms with Crippen molar-refractivity contribution in [1.29, 1.82) is 0 Å². The largest absolute Gasteiger partial charge is 0.324 e. The van der Waals surface area contributed by atoms with Crippen molar-refractivity contribution in [2.75, 3.05) is 10.6 Å². The molecule has 2 aromatic carbocycles. The fraction of sp³-hybridized carbons (Fsp3) is 0.150. The molecule has 26 heavy (non-hydrogen) atoms. The van der Waals surface area contributed by atoms with Crippen LogP contribution in [0.15, 0.2) is 60.8 Å². The van der Waals surface area contributed by atoms with Gasteiger partial charge in [-0.2, -0.15) is 0 Å². The third-order valence-corrected chi connectivity index (χ3v) is 3.82. The van der Waals surface area contributed by atoms with Crippen LogP contribution < -0.4 is 10.6 Å². The Kier molecular flexibility index (Phi) is 5.22. The van der Waals surface area contributed by atoms with Crippen LogP contribution in [0.2, 0.25) is 0 Å². The van der Waals surface area contributed by atoms with Gasteiger partial charge in [0.05, 0.1) is 0 Å². The van der Waals surface area contributed by atoms with E-state index in [4.69, 9.17) is 0 Å². The lowest BCUT2D eigenvalue weighted by Gasteiger charge is -2.09. The lowest BCUT2D eigenvalue weighted by Crippen LogP contribution is -2.14. The zero-order valence-electron chi connectivity index (χ0n) is 14.5. The predicted octanol–water partition coefficient (Wildman–Crippen LogP) is 4.74. The van der Waals surface area contributed by atoms with Crippen LogP contribution >= 0.6 is 0 Å². The highest BCUT2D eigenvalue weighted by molar-refractivity contribution is 6.02. The Morgan fingerprint density at radius 3 is 2.27 bits per heavy atom. The Bertz CT molecular complexity index is 892. The molecule has 0 aliphatic heterocycles. The normalized spacial score (nSPS) is 10.6. The van der Waals surface area contributed by atoms with E-state index in [0.29, 0.717) is 17.6 Å². The monoisotopic (exact) mass is 350 g/mol. The van der Waals surface area contributed by atoms with Crippen LogP contribution in [-0.2, 0) is 0 Å². The molecule has 0 aliphatic carbocycles. The molecule has 2 N–H and O–H groups in total. The van der Waals surface area contributed by atoms with Gasteiger partial charge in [-0.1, -0.05) is 26.0 Å². The number of aromatic nitrogens is 2. The first kappa shape index (κ1) is 17.5. The Labute approximate surface area is 151 Å². The summed E-state index contributed by atoms with van der Waals surface area (Å²) < 4.78 is 12.9. The van der Waals surface area contributed by atoms with Gasteiger partial charge in [-0.3, -0.25) is 4.79 Å². The van der Waals surface area contributed by atoms with Gasteiger partial charge in [0.15, 0.2) is 0 Å². The number of nitrogens with zero attached hydrogens (tertiary/aromatic N) is 2. The summed E-state index contributed by atoms with van der Waals surface area (Å²) in [5.41, 5.74) is 2.79. The molecule has 0 fully saturated rings. The van der Waals surface area contributed by atoms with Crippen LogP contribution in [0.1, 0.15) is 35.8 Å². The number of hydrogen-bond donors (Lipinski definition) is 2. The fourth-order valence-corrected chi connectivity index (χ4v) is 2.35. The Morgan fingerprint density at radius 1 is 0.962 bits per heavy atom. The van der Waals surface area contributed by atoms with E-state index in [1.165, 1.54) is 42.1 Å². The van der Waals surface area contributed by atoms with Gasteiger partial charge in [0.25, 0.3) is 5.91 Å². The smallest absolute Gasteiger partial charge is 0.274 e. The van der Waals surface area contributed by atoms with Gasteiger partial charge in [-0.25, -0.2) is 14.4 Å². The first-order chi connectivity index (χ1) is 12.5. The van der Waals surface area contributed by atoms with Gasteiger partial charge in [0, 0.05) is 17.6 Å². The number of carbonyl (C=O) groups is 1. The van der Waals surface area contributed by atoms with Crippen LogP contribution in [0.25, 0.3) is 0 Å². The molecule has 1 heterocycles. The van der Waals surface area contributed by atoms with E-state index < -0.39 is 5.91 Å². The summed E-state index contributed by atoms with van der Waals surface area (Å²) in [4.78, 5) is 20.7. The molecule has 0 spiro atoms. The number of amides is 1. The van der Waals surface area contributed by atoms with E-state index in [-0.39, 0.29) is 11.5 Å². The van der Waals surface area contributed by atoms with Gasteiger partial charge in [0.1, 0.15) is 11.5 Å². The summed E-state index contributed by atoms with van der Waals surface area (Å²) in [5.74, 6) is 0.0325. The van der Waals surface area contributed by atoms with Gasteiger partial charge in [-0.15, -0.1) is 0 Å². The second-order valence-corrected chi connectivity index (χ2v) is 6.13. The maximum absolute atomic E-state index is 12.9. The maximum atomic E-state index is 12.9. The molecule has 132 valence electrons. The minimum atomic E-state index is -0.391. The molecule has 1 aromatic heterocycles. The van der Waals surface area contributed by atoms with E-state index in [1.54, 1.807) is 0 Å². The summed E-state index contributed by atoms with van der Waals surface area (Å²) in [5, 5.41) is 5.76. The average molecular weight is 350 g/mol. The minimum Gasteiger partial charge on any atom is -0.324 e. The van der Waals surface area contributed by atoms with Crippen molar-refractivity contribution in [1.82, 2.24) is 9.97 Å². The number of carbonyl (C=O) groups excluding carboxylic acids is 1. The molecule has 0 aliphatic rings. The van der Waals surface area contributed by atoms with Crippen LogP contribution in [0.5, 0.6) is 0 Å².